The Morgan fingerprint density at radius 3 is 2.34 bits per heavy atom. The van der Waals surface area contributed by atoms with Crippen LogP contribution in [-0.4, -0.2) is 18.4 Å². The number of carbonyl (C=O) groups excluding carboxylic acids is 2. The second kappa shape index (κ2) is 9.45. The van der Waals surface area contributed by atoms with Crippen molar-refractivity contribution >= 4 is 17.5 Å². The van der Waals surface area contributed by atoms with Gasteiger partial charge >= 0.3 is 0 Å². The molecule has 0 saturated heterocycles. The number of rotatable bonds is 7. The third-order valence-electron chi connectivity index (χ3n) is 3.98. The van der Waals surface area contributed by atoms with E-state index in [4.69, 9.17) is 4.74 Å². The van der Waals surface area contributed by atoms with Crippen molar-refractivity contribution in [3.8, 4) is 5.75 Å². The van der Waals surface area contributed by atoms with Crippen LogP contribution in [0.15, 0.2) is 72.8 Å². The van der Waals surface area contributed by atoms with E-state index in [2.05, 4.69) is 10.6 Å². The van der Waals surface area contributed by atoms with Gasteiger partial charge in [0.25, 0.3) is 5.91 Å². The van der Waals surface area contributed by atoms with Crippen molar-refractivity contribution in [2.75, 3.05) is 11.9 Å². The number of hydrogen-bond acceptors (Lipinski definition) is 3. The van der Waals surface area contributed by atoms with Crippen LogP contribution in [0, 0.1) is 11.6 Å². The predicted octanol–water partition coefficient (Wildman–Crippen LogP) is 3.91. The Bertz CT molecular complexity index is 1010. The maximum atomic E-state index is 13.2. The molecule has 0 radical (unpaired) electrons. The molecular weight excluding hydrogens is 378 g/mol. The van der Waals surface area contributed by atoms with Crippen LogP contribution in [-0.2, 0) is 11.4 Å². The fourth-order valence-corrected chi connectivity index (χ4v) is 2.55. The van der Waals surface area contributed by atoms with Crippen LogP contribution in [0.3, 0.4) is 0 Å². The Morgan fingerprint density at radius 2 is 1.59 bits per heavy atom. The summed E-state index contributed by atoms with van der Waals surface area (Å²) >= 11 is 0. The second-order valence-corrected chi connectivity index (χ2v) is 6.13. The maximum Gasteiger partial charge on any atom is 0.255 e. The lowest BCUT2D eigenvalue weighted by atomic mass is 10.2. The number of amides is 2. The van der Waals surface area contributed by atoms with Gasteiger partial charge in [0.15, 0.2) is 11.6 Å². The summed E-state index contributed by atoms with van der Waals surface area (Å²) in [6, 6.07) is 19.2. The molecule has 0 unspecified atom stereocenters. The summed E-state index contributed by atoms with van der Waals surface area (Å²) in [6.07, 6.45) is 0. The van der Waals surface area contributed by atoms with Crippen molar-refractivity contribution in [1.29, 1.82) is 0 Å². The van der Waals surface area contributed by atoms with E-state index >= 15 is 0 Å². The van der Waals surface area contributed by atoms with E-state index in [1.165, 1.54) is 6.07 Å². The van der Waals surface area contributed by atoms with Gasteiger partial charge in [-0.3, -0.25) is 9.59 Å². The molecule has 3 rings (SSSR count). The Morgan fingerprint density at radius 1 is 0.862 bits per heavy atom. The molecule has 3 aromatic rings. The number of anilines is 1. The highest BCUT2D eigenvalue weighted by Gasteiger charge is 2.14. The molecule has 0 heterocycles. The Balaban J connectivity index is 1.57. The van der Waals surface area contributed by atoms with E-state index in [-0.39, 0.29) is 17.8 Å². The molecule has 0 bridgehead atoms. The smallest absolute Gasteiger partial charge is 0.255 e. The van der Waals surface area contributed by atoms with Gasteiger partial charge in [-0.25, -0.2) is 8.78 Å². The minimum absolute atomic E-state index is 0.0924. The number of carbonyl (C=O) groups is 2. The first-order valence-electron chi connectivity index (χ1n) is 8.82. The number of hydrogen-bond donors (Lipinski definition) is 2. The molecule has 0 aliphatic carbocycles. The van der Waals surface area contributed by atoms with E-state index < -0.39 is 23.4 Å². The van der Waals surface area contributed by atoms with Crippen LogP contribution in [0.5, 0.6) is 5.75 Å². The molecule has 0 saturated carbocycles. The summed E-state index contributed by atoms with van der Waals surface area (Å²) in [4.78, 5) is 24.4. The van der Waals surface area contributed by atoms with E-state index in [0.29, 0.717) is 12.4 Å². The van der Waals surface area contributed by atoms with Crippen LogP contribution in [0.25, 0.3) is 0 Å². The Hall–Kier alpha value is -3.74. The minimum Gasteiger partial charge on any atom is -0.488 e. The topological polar surface area (TPSA) is 67.4 Å². The van der Waals surface area contributed by atoms with Gasteiger partial charge in [-0.05, 0) is 29.8 Å². The van der Waals surface area contributed by atoms with Crippen molar-refractivity contribution in [2.45, 2.75) is 6.61 Å². The zero-order valence-corrected chi connectivity index (χ0v) is 15.3. The zero-order valence-electron chi connectivity index (χ0n) is 15.3. The Labute approximate surface area is 166 Å². The van der Waals surface area contributed by atoms with Gasteiger partial charge in [-0.1, -0.05) is 42.5 Å². The molecule has 0 atom stereocenters. The van der Waals surface area contributed by atoms with Crippen molar-refractivity contribution < 1.29 is 23.1 Å². The fourth-order valence-electron chi connectivity index (χ4n) is 2.55. The van der Waals surface area contributed by atoms with E-state index in [1.54, 1.807) is 24.3 Å². The first-order valence-corrected chi connectivity index (χ1v) is 8.82. The number of nitrogens with one attached hydrogen (secondary N) is 2. The van der Waals surface area contributed by atoms with Crippen molar-refractivity contribution in [3.63, 3.8) is 0 Å². The number of para-hydroxylation sites is 1. The molecule has 29 heavy (non-hydrogen) atoms. The van der Waals surface area contributed by atoms with Crippen molar-refractivity contribution in [3.05, 3.63) is 95.6 Å². The molecule has 3 aromatic carbocycles. The number of ether oxygens (including phenoxy) is 1. The maximum absolute atomic E-state index is 13.2. The predicted molar refractivity (Wildman–Crippen MR) is 105 cm³/mol. The van der Waals surface area contributed by atoms with Gasteiger partial charge in [-0.15, -0.1) is 0 Å². The highest BCUT2D eigenvalue weighted by Crippen LogP contribution is 2.19. The Kier molecular flexibility index (Phi) is 6.52. The standard InChI is InChI=1S/C22H18F2N2O3/c23-18-11-10-16(12-19(18)24)26-21(27)13-25-22(28)17-8-4-5-9-20(17)29-14-15-6-2-1-3-7-15/h1-12H,13-14H2,(H,25,28)(H,26,27). The average molecular weight is 396 g/mol. The first kappa shape index (κ1) is 20.0. The molecule has 0 spiro atoms. The molecule has 5 nitrogen and oxygen atoms in total. The molecule has 148 valence electrons. The van der Waals surface area contributed by atoms with Crippen LogP contribution >= 0.6 is 0 Å². The van der Waals surface area contributed by atoms with Crippen molar-refractivity contribution in [1.82, 2.24) is 5.32 Å². The monoisotopic (exact) mass is 396 g/mol. The lowest BCUT2D eigenvalue weighted by Crippen LogP contribution is -2.33. The van der Waals surface area contributed by atoms with Crippen LogP contribution in [0.1, 0.15) is 15.9 Å². The van der Waals surface area contributed by atoms with Crippen LogP contribution in [0.4, 0.5) is 14.5 Å². The lowest BCUT2D eigenvalue weighted by Gasteiger charge is -2.12. The quantitative estimate of drug-likeness (QED) is 0.636. The minimum atomic E-state index is -1.07. The van der Waals surface area contributed by atoms with E-state index in [9.17, 15) is 18.4 Å². The molecule has 0 aromatic heterocycles. The second-order valence-electron chi connectivity index (χ2n) is 6.13. The first-order chi connectivity index (χ1) is 14.0. The largest absolute Gasteiger partial charge is 0.488 e. The lowest BCUT2D eigenvalue weighted by molar-refractivity contribution is -0.115. The molecule has 0 fully saturated rings. The number of halogens is 2. The molecule has 2 N–H and O–H groups in total. The molecule has 2 amide bonds. The van der Waals surface area contributed by atoms with E-state index in [0.717, 1.165) is 17.7 Å². The summed E-state index contributed by atoms with van der Waals surface area (Å²) in [7, 11) is 0. The average Bonchev–Trinajstić information content (AvgIpc) is 2.74. The van der Waals surface area contributed by atoms with Gasteiger partial charge in [0.2, 0.25) is 5.91 Å². The molecular formula is C22H18F2N2O3. The highest BCUT2D eigenvalue weighted by atomic mass is 19.2. The summed E-state index contributed by atoms with van der Waals surface area (Å²) in [5, 5.41) is 4.87. The van der Waals surface area contributed by atoms with Crippen molar-refractivity contribution in [2.24, 2.45) is 0 Å². The van der Waals surface area contributed by atoms with E-state index in [1.807, 2.05) is 30.3 Å². The molecule has 0 aliphatic rings. The van der Waals surface area contributed by atoms with Gasteiger partial charge in [0.05, 0.1) is 12.1 Å². The summed E-state index contributed by atoms with van der Waals surface area (Å²) in [6.45, 7) is -0.0490. The third-order valence-corrected chi connectivity index (χ3v) is 3.98. The van der Waals surface area contributed by atoms with Gasteiger partial charge < -0.3 is 15.4 Å². The number of benzene rings is 3. The molecule has 7 heteroatoms. The van der Waals surface area contributed by atoms with Gasteiger partial charge in [0.1, 0.15) is 12.4 Å². The zero-order chi connectivity index (χ0) is 20.6. The van der Waals surface area contributed by atoms with Gasteiger partial charge in [-0.2, -0.15) is 0 Å². The van der Waals surface area contributed by atoms with Crippen LogP contribution in [0.2, 0.25) is 0 Å². The fraction of sp³-hybridized carbons (Fsp3) is 0.0909. The third kappa shape index (κ3) is 5.62. The normalized spacial score (nSPS) is 10.3. The summed E-state index contributed by atoms with van der Waals surface area (Å²) < 4.78 is 31.9. The molecule has 0 aliphatic heterocycles. The summed E-state index contributed by atoms with van der Waals surface area (Å²) in [5.74, 6) is -2.77. The van der Waals surface area contributed by atoms with Crippen LogP contribution < -0.4 is 15.4 Å². The SMILES string of the molecule is O=C(CNC(=O)c1ccccc1OCc1ccccc1)Nc1ccc(F)c(F)c1. The van der Waals surface area contributed by atoms with Gasteiger partial charge in [0, 0.05) is 11.8 Å². The highest BCUT2D eigenvalue weighted by molar-refractivity contribution is 6.00. The summed E-state index contributed by atoms with van der Waals surface area (Å²) in [5.41, 5.74) is 1.33.